The first-order valence-electron chi connectivity index (χ1n) is 10.2. The highest BCUT2D eigenvalue weighted by atomic mass is 127. The number of piperidine rings is 1. The quantitative estimate of drug-likeness (QED) is 0.403. The predicted octanol–water partition coefficient (Wildman–Crippen LogP) is 2.63. The lowest BCUT2D eigenvalue weighted by Crippen LogP contribution is -2.53. The number of halogens is 1. The standard InChI is InChI=1S/C19H32N6O.HI/c1-14-22-23-18(24(14)2)12-20-19(21-16-7-3-4-8-16)25-10-9-17-15(13-25)6-5-11-26-17;/h15-17H,3-13H2,1-2H3,(H,20,21);1H. The lowest BCUT2D eigenvalue weighted by molar-refractivity contribution is -0.0560. The van der Waals surface area contributed by atoms with Gasteiger partial charge in [0.15, 0.2) is 11.8 Å². The fourth-order valence-corrected chi connectivity index (χ4v) is 4.50. The summed E-state index contributed by atoms with van der Waals surface area (Å²) in [4.78, 5) is 7.42. The minimum atomic E-state index is 0. The van der Waals surface area contributed by atoms with Gasteiger partial charge in [-0.2, -0.15) is 0 Å². The van der Waals surface area contributed by atoms with Gasteiger partial charge in [0.05, 0.1) is 6.10 Å². The summed E-state index contributed by atoms with van der Waals surface area (Å²) in [7, 11) is 2.01. The molecule has 0 radical (unpaired) electrons. The highest BCUT2D eigenvalue weighted by molar-refractivity contribution is 14.0. The van der Waals surface area contributed by atoms with E-state index in [-0.39, 0.29) is 24.0 Å². The zero-order chi connectivity index (χ0) is 17.9. The van der Waals surface area contributed by atoms with Crippen molar-refractivity contribution in [3.05, 3.63) is 11.6 Å². The Bertz CT molecular complexity index is 642. The van der Waals surface area contributed by atoms with E-state index in [4.69, 9.17) is 9.73 Å². The molecule has 7 nitrogen and oxygen atoms in total. The maximum atomic E-state index is 5.98. The smallest absolute Gasteiger partial charge is 0.194 e. The summed E-state index contributed by atoms with van der Waals surface area (Å²) in [5, 5.41) is 12.2. The molecular formula is C19H33IN6O. The largest absolute Gasteiger partial charge is 0.378 e. The summed E-state index contributed by atoms with van der Waals surface area (Å²) in [6.07, 6.45) is 9.19. The van der Waals surface area contributed by atoms with E-state index in [1.165, 1.54) is 38.5 Å². The SMILES string of the molecule is Cc1nnc(CN=C(NC2CCCC2)N2CCC3OCCCC3C2)n1C.I. The van der Waals surface area contributed by atoms with Crippen LogP contribution in [-0.4, -0.2) is 57.5 Å². The number of aryl methyl sites for hydroxylation is 1. The molecule has 2 aliphatic heterocycles. The Kier molecular flexibility index (Phi) is 7.35. The number of rotatable bonds is 3. The first kappa shape index (κ1) is 20.8. The molecule has 8 heteroatoms. The molecule has 3 aliphatic rings. The molecule has 1 aromatic heterocycles. The second-order valence-electron chi connectivity index (χ2n) is 8.03. The van der Waals surface area contributed by atoms with Gasteiger partial charge in [-0.25, -0.2) is 4.99 Å². The van der Waals surface area contributed by atoms with Crippen LogP contribution in [0.4, 0.5) is 0 Å². The van der Waals surface area contributed by atoms with E-state index in [0.717, 1.165) is 43.7 Å². The molecule has 2 unspecified atom stereocenters. The lowest BCUT2D eigenvalue weighted by atomic mass is 9.88. The zero-order valence-corrected chi connectivity index (χ0v) is 18.9. The molecule has 4 rings (SSSR count). The van der Waals surface area contributed by atoms with E-state index in [9.17, 15) is 0 Å². The Hall–Kier alpha value is -0.900. The highest BCUT2D eigenvalue weighted by Gasteiger charge is 2.34. The molecule has 152 valence electrons. The second-order valence-corrected chi connectivity index (χ2v) is 8.03. The molecular weight excluding hydrogens is 455 g/mol. The Balaban J connectivity index is 0.00000210. The van der Waals surface area contributed by atoms with Crippen LogP contribution in [0.2, 0.25) is 0 Å². The van der Waals surface area contributed by atoms with Crippen LogP contribution in [-0.2, 0) is 18.3 Å². The normalized spacial score (nSPS) is 26.6. The van der Waals surface area contributed by atoms with Crippen LogP contribution >= 0.6 is 24.0 Å². The molecule has 3 heterocycles. The number of aliphatic imine (C=N–C) groups is 1. The lowest BCUT2D eigenvalue weighted by Gasteiger charge is -2.42. The molecule has 1 aliphatic carbocycles. The van der Waals surface area contributed by atoms with Crippen molar-refractivity contribution in [3.63, 3.8) is 0 Å². The van der Waals surface area contributed by atoms with Crippen LogP contribution in [0.1, 0.15) is 56.6 Å². The molecule has 1 aromatic rings. The molecule has 1 N–H and O–H groups in total. The van der Waals surface area contributed by atoms with Gasteiger partial charge in [-0.1, -0.05) is 12.8 Å². The number of nitrogens with zero attached hydrogens (tertiary/aromatic N) is 5. The van der Waals surface area contributed by atoms with Gasteiger partial charge in [0.25, 0.3) is 0 Å². The van der Waals surface area contributed by atoms with E-state index in [2.05, 4.69) is 20.4 Å². The van der Waals surface area contributed by atoms with Crippen molar-refractivity contribution in [2.24, 2.45) is 18.0 Å². The number of aromatic nitrogens is 3. The number of likely N-dealkylation sites (tertiary alicyclic amines) is 1. The van der Waals surface area contributed by atoms with Crippen molar-refractivity contribution >= 4 is 29.9 Å². The Morgan fingerprint density at radius 2 is 2.00 bits per heavy atom. The average Bonchev–Trinajstić information content (AvgIpc) is 3.29. The van der Waals surface area contributed by atoms with E-state index in [1.54, 1.807) is 0 Å². The third-order valence-corrected chi connectivity index (χ3v) is 6.26. The number of hydrogen-bond acceptors (Lipinski definition) is 4. The second kappa shape index (κ2) is 9.54. The highest BCUT2D eigenvalue weighted by Crippen LogP contribution is 2.28. The van der Waals surface area contributed by atoms with Crippen LogP contribution in [0, 0.1) is 12.8 Å². The van der Waals surface area contributed by atoms with Crippen molar-refractivity contribution in [2.75, 3.05) is 19.7 Å². The molecule has 2 atom stereocenters. The van der Waals surface area contributed by atoms with Crippen molar-refractivity contribution in [1.29, 1.82) is 0 Å². The van der Waals surface area contributed by atoms with Crippen LogP contribution in [0.25, 0.3) is 0 Å². The molecule has 0 bridgehead atoms. The molecule has 2 saturated heterocycles. The molecule has 1 saturated carbocycles. The molecule has 3 fully saturated rings. The van der Waals surface area contributed by atoms with Crippen LogP contribution in [0.5, 0.6) is 0 Å². The number of fused-ring (bicyclic) bond motifs is 1. The fourth-order valence-electron chi connectivity index (χ4n) is 4.50. The van der Waals surface area contributed by atoms with Crippen molar-refractivity contribution in [3.8, 4) is 0 Å². The zero-order valence-electron chi connectivity index (χ0n) is 16.6. The maximum Gasteiger partial charge on any atom is 0.194 e. The summed E-state index contributed by atoms with van der Waals surface area (Å²) in [5.74, 6) is 3.55. The Morgan fingerprint density at radius 1 is 1.19 bits per heavy atom. The van der Waals surface area contributed by atoms with Gasteiger partial charge in [-0.15, -0.1) is 34.2 Å². The van der Waals surface area contributed by atoms with E-state index in [1.807, 2.05) is 18.5 Å². The molecule has 0 spiro atoms. The van der Waals surface area contributed by atoms with Gasteiger partial charge >= 0.3 is 0 Å². The van der Waals surface area contributed by atoms with Crippen molar-refractivity contribution in [2.45, 2.75) is 70.6 Å². The summed E-state index contributed by atoms with van der Waals surface area (Å²) >= 11 is 0. The van der Waals surface area contributed by atoms with Crippen LogP contribution in [0.15, 0.2) is 4.99 Å². The Morgan fingerprint density at radius 3 is 2.74 bits per heavy atom. The molecule has 0 aromatic carbocycles. The summed E-state index contributed by atoms with van der Waals surface area (Å²) in [5.41, 5.74) is 0. The molecule has 0 amide bonds. The van der Waals surface area contributed by atoms with Crippen molar-refractivity contribution < 1.29 is 4.74 Å². The van der Waals surface area contributed by atoms with Crippen LogP contribution in [0.3, 0.4) is 0 Å². The fraction of sp³-hybridized carbons (Fsp3) is 0.842. The number of ether oxygens (including phenoxy) is 1. The third-order valence-electron chi connectivity index (χ3n) is 6.26. The Labute approximate surface area is 179 Å². The number of guanidine groups is 1. The van der Waals surface area contributed by atoms with E-state index >= 15 is 0 Å². The van der Waals surface area contributed by atoms with E-state index in [0.29, 0.717) is 24.6 Å². The summed E-state index contributed by atoms with van der Waals surface area (Å²) in [6.45, 7) is 5.58. The van der Waals surface area contributed by atoms with Gasteiger partial charge in [0.2, 0.25) is 0 Å². The van der Waals surface area contributed by atoms with Gasteiger partial charge in [0.1, 0.15) is 12.4 Å². The van der Waals surface area contributed by atoms with Crippen LogP contribution < -0.4 is 5.32 Å². The van der Waals surface area contributed by atoms with Gasteiger partial charge in [-0.05, 0) is 39.0 Å². The maximum absolute atomic E-state index is 5.98. The van der Waals surface area contributed by atoms with Gasteiger partial charge in [0, 0.05) is 38.7 Å². The van der Waals surface area contributed by atoms with E-state index < -0.39 is 0 Å². The minimum absolute atomic E-state index is 0. The first-order chi connectivity index (χ1) is 12.7. The third kappa shape index (κ3) is 4.93. The average molecular weight is 488 g/mol. The van der Waals surface area contributed by atoms with Crippen molar-refractivity contribution in [1.82, 2.24) is 25.0 Å². The van der Waals surface area contributed by atoms with Gasteiger partial charge < -0.3 is 19.5 Å². The minimum Gasteiger partial charge on any atom is -0.378 e. The number of nitrogens with one attached hydrogen (secondary N) is 1. The molecule has 27 heavy (non-hydrogen) atoms. The first-order valence-corrected chi connectivity index (χ1v) is 10.2. The number of hydrogen-bond donors (Lipinski definition) is 1. The topological polar surface area (TPSA) is 67.6 Å². The van der Waals surface area contributed by atoms with Gasteiger partial charge in [-0.3, -0.25) is 0 Å². The summed E-state index contributed by atoms with van der Waals surface area (Å²) in [6, 6.07) is 0.565. The monoisotopic (exact) mass is 488 g/mol. The summed E-state index contributed by atoms with van der Waals surface area (Å²) < 4.78 is 8.01. The predicted molar refractivity (Wildman–Crippen MR) is 116 cm³/mol.